The molecule has 0 aromatic heterocycles. The van der Waals surface area contributed by atoms with Crippen LogP contribution in [0.3, 0.4) is 0 Å². The Labute approximate surface area is 120 Å². The van der Waals surface area contributed by atoms with Gasteiger partial charge in [0.1, 0.15) is 0 Å². The first-order valence-electron chi connectivity index (χ1n) is 6.65. The largest absolute Gasteiger partial charge is 0.340 e. The van der Waals surface area contributed by atoms with E-state index < -0.39 is 10.0 Å². The van der Waals surface area contributed by atoms with Crippen molar-refractivity contribution in [2.24, 2.45) is 0 Å². The quantitative estimate of drug-likeness (QED) is 0.761. The Kier molecular flexibility index (Phi) is 6.62. The molecule has 1 unspecified atom stereocenters. The molecule has 1 amide bonds. The Morgan fingerprint density at radius 2 is 2.11 bits per heavy atom. The topological polar surface area (TPSA) is 57.7 Å². The highest BCUT2D eigenvalue weighted by Crippen LogP contribution is 2.22. The molecule has 0 N–H and O–H groups in total. The highest BCUT2D eigenvalue weighted by atomic mass is 32.2. The van der Waals surface area contributed by atoms with Gasteiger partial charge in [-0.1, -0.05) is 13.3 Å². The molecule has 1 saturated heterocycles. The molecule has 1 atom stereocenters. The van der Waals surface area contributed by atoms with Gasteiger partial charge in [-0.2, -0.15) is 16.1 Å². The average Bonchev–Trinajstić information content (AvgIpc) is 2.54. The summed E-state index contributed by atoms with van der Waals surface area (Å²) in [6, 6.07) is 0. The highest BCUT2D eigenvalue weighted by molar-refractivity contribution is 7.99. The van der Waals surface area contributed by atoms with Crippen molar-refractivity contribution in [1.29, 1.82) is 0 Å². The summed E-state index contributed by atoms with van der Waals surface area (Å²) in [5.74, 6) is 0.965. The van der Waals surface area contributed by atoms with Crippen LogP contribution >= 0.6 is 11.8 Å². The van der Waals surface area contributed by atoms with Gasteiger partial charge in [-0.3, -0.25) is 4.79 Å². The maximum Gasteiger partial charge on any atom is 0.237 e. The van der Waals surface area contributed by atoms with Crippen molar-refractivity contribution in [1.82, 2.24) is 9.21 Å². The number of rotatable bonds is 5. The maximum atomic E-state index is 12.2. The minimum Gasteiger partial charge on any atom is -0.340 e. The monoisotopic (exact) mass is 308 g/mol. The highest BCUT2D eigenvalue weighted by Gasteiger charge is 2.24. The summed E-state index contributed by atoms with van der Waals surface area (Å²) in [6.07, 6.45) is 4.42. The lowest BCUT2D eigenvalue weighted by molar-refractivity contribution is -0.131. The van der Waals surface area contributed by atoms with Gasteiger partial charge in [0.25, 0.3) is 0 Å². The lowest BCUT2D eigenvalue weighted by atomic mass is 10.2. The van der Waals surface area contributed by atoms with Crippen molar-refractivity contribution in [3.8, 4) is 0 Å². The molecule has 0 aromatic carbocycles. The molecule has 1 aliphatic rings. The molecule has 0 spiro atoms. The van der Waals surface area contributed by atoms with Crippen LogP contribution in [0.25, 0.3) is 0 Å². The standard InChI is InChI=1S/C12H24N2O3S2/c1-4-18-11-7-5-6-8-14(9-11)12(15)10-13(2)19(3,16)17/h11H,4-10H2,1-3H3. The van der Waals surface area contributed by atoms with Crippen molar-refractivity contribution >= 4 is 27.7 Å². The van der Waals surface area contributed by atoms with Gasteiger partial charge in [0, 0.05) is 25.4 Å². The van der Waals surface area contributed by atoms with Gasteiger partial charge in [0.05, 0.1) is 12.8 Å². The first kappa shape index (κ1) is 16.8. The molecule has 1 heterocycles. The van der Waals surface area contributed by atoms with E-state index in [1.807, 2.05) is 16.7 Å². The number of thioether (sulfide) groups is 1. The number of nitrogens with zero attached hydrogens (tertiary/aromatic N) is 2. The number of likely N-dealkylation sites (N-methyl/N-ethyl adjacent to an activating group) is 1. The van der Waals surface area contributed by atoms with Crippen LogP contribution in [0.1, 0.15) is 26.2 Å². The fraction of sp³-hybridized carbons (Fsp3) is 0.917. The first-order valence-corrected chi connectivity index (χ1v) is 9.55. The number of hydrogen-bond acceptors (Lipinski definition) is 4. The second-order valence-corrected chi connectivity index (χ2v) is 8.60. The Balaban J connectivity index is 2.59. The predicted molar refractivity (Wildman–Crippen MR) is 79.8 cm³/mol. The van der Waals surface area contributed by atoms with Gasteiger partial charge in [0.15, 0.2) is 0 Å². The van der Waals surface area contributed by atoms with Crippen LogP contribution in [0.5, 0.6) is 0 Å². The van der Waals surface area contributed by atoms with Crippen molar-refractivity contribution in [3.05, 3.63) is 0 Å². The lowest BCUT2D eigenvalue weighted by Crippen LogP contribution is -2.43. The molecule has 112 valence electrons. The van der Waals surface area contributed by atoms with Crippen LogP contribution in [0.4, 0.5) is 0 Å². The van der Waals surface area contributed by atoms with E-state index in [1.54, 1.807) is 0 Å². The fourth-order valence-corrected chi connectivity index (χ4v) is 3.54. The van der Waals surface area contributed by atoms with Crippen LogP contribution in [0.2, 0.25) is 0 Å². The number of carbonyl (C=O) groups excluding carboxylic acids is 1. The average molecular weight is 308 g/mol. The van der Waals surface area contributed by atoms with Crippen LogP contribution in [0.15, 0.2) is 0 Å². The Bertz CT molecular complexity index is 398. The molecule has 0 saturated carbocycles. The smallest absolute Gasteiger partial charge is 0.237 e. The Morgan fingerprint density at radius 1 is 1.42 bits per heavy atom. The van der Waals surface area contributed by atoms with Gasteiger partial charge in [0.2, 0.25) is 15.9 Å². The molecule has 5 nitrogen and oxygen atoms in total. The summed E-state index contributed by atoms with van der Waals surface area (Å²) in [5, 5.41) is 0.486. The minimum absolute atomic E-state index is 0.0532. The zero-order valence-corrected chi connectivity index (χ0v) is 13.6. The van der Waals surface area contributed by atoms with Gasteiger partial charge >= 0.3 is 0 Å². The SMILES string of the molecule is CCSC1CCCCN(C(=O)CN(C)S(C)(=O)=O)C1. The molecule has 0 aromatic rings. The lowest BCUT2D eigenvalue weighted by Gasteiger charge is -2.26. The summed E-state index contributed by atoms with van der Waals surface area (Å²) in [4.78, 5) is 14.0. The van der Waals surface area contributed by atoms with Crippen molar-refractivity contribution in [3.63, 3.8) is 0 Å². The normalized spacial score (nSPS) is 21.5. The molecule has 1 rings (SSSR count). The number of likely N-dealkylation sites (tertiary alicyclic amines) is 1. The van der Waals surface area contributed by atoms with Gasteiger partial charge in [-0.15, -0.1) is 0 Å². The molecule has 19 heavy (non-hydrogen) atoms. The van der Waals surface area contributed by atoms with Crippen LogP contribution in [0, 0.1) is 0 Å². The Hall–Kier alpha value is -0.270. The number of carbonyl (C=O) groups is 1. The molecular formula is C12H24N2O3S2. The van der Waals surface area contributed by atoms with Crippen molar-refractivity contribution in [2.45, 2.75) is 31.4 Å². The van der Waals surface area contributed by atoms with Crippen molar-refractivity contribution < 1.29 is 13.2 Å². The molecule has 0 radical (unpaired) electrons. The fourth-order valence-electron chi connectivity index (χ4n) is 2.11. The second-order valence-electron chi connectivity index (χ2n) is 4.93. The minimum atomic E-state index is -3.29. The molecule has 7 heteroatoms. The summed E-state index contributed by atoms with van der Waals surface area (Å²) in [7, 11) is -1.84. The van der Waals surface area contributed by atoms with Crippen LogP contribution < -0.4 is 0 Å². The third-order valence-corrected chi connectivity index (χ3v) is 5.76. The summed E-state index contributed by atoms with van der Waals surface area (Å²) < 4.78 is 23.8. The maximum absolute atomic E-state index is 12.2. The molecule has 0 aliphatic carbocycles. The number of hydrogen-bond donors (Lipinski definition) is 0. The van der Waals surface area contributed by atoms with E-state index in [1.165, 1.54) is 7.05 Å². The molecular weight excluding hydrogens is 284 g/mol. The van der Waals surface area contributed by atoms with Gasteiger partial charge in [-0.05, 0) is 18.6 Å². The van der Waals surface area contributed by atoms with E-state index in [9.17, 15) is 13.2 Å². The van der Waals surface area contributed by atoms with Crippen molar-refractivity contribution in [2.75, 3.05) is 38.7 Å². The second kappa shape index (κ2) is 7.50. The number of amides is 1. The molecule has 1 aliphatic heterocycles. The van der Waals surface area contributed by atoms with E-state index in [0.717, 1.165) is 48.7 Å². The number of sulfonamides is 1. The van der Waals surface area contributed by atoms with E-state index >= 15 is 0 Å². The van der Waals surface area contributed by atoms with E-state index in [2.05, 4.69) is 6.92 Å². The van der Waals surface area contributed by atoms with Crippen LogP contribution in [-0.2, 0) is 14.8 Å². The molecule has 0 bridgehead atoms. The summed E-state index contributed by atoms with van der Waals surface area (Å²) in [5.41, 5.74) is 0. The zero-order valence-electron chi connectivity index (χ0n) is 12.0. The first-order chi connectivity index (χ1) is 8.84. The zero-order chi connectivity index (χ0) is 14.5. The third-order valence-electron chi connectivity index (χ3n) is 3.31. The van der Waals surface area contributed by atoms with Gasteiger partial charge < -0.3 is 4.90 Å². The van der Waals surface area contributed by atoms with Gasteiger partial charge in [-0.25, -0.2) is 8.42 Å². The van der Waals surface area contributed by atoms with E-state index in [-0.39, 0.29) is 12.5 Å². The van der Waals surface area contributed by atoms with E-state index in [4.69, 9.17) is 0 Å². The molecule has 1 fully saturated rings. The predicted octanol–water partition coefficient (Wildman–Crippen LogP) is 1.01. The van der Waals surface area contributed by atoms with Crippen LogP contribution in [-0.4, -0.2) is 67.5 Å². The third kappa shape index (κ3) is 5.71. The summed E-state index contributed by atoms with van der Waals surface area (Å²) >= 11 is 1.89. The summed E-state index contributed by atoms with van der Waals surface area (Å²) in [6.45, 7) is 3.56. The van der Waals surface area contributed by atoms with E-state index in [0.29, 0.717) is 5.25 Å². The Morgan fingerprint density at radius 3 is 2.68 bits per heavy atom.